The summed E-state index contributed by atoms with van der Waals surface area (Å²) in [5.74, 6) is -4.39. The molecule has 4 aliphatic heterocycles. The minimum absolute atomic E-state index is 0.126. The van der Waals surface area contributed by atoms with Crippen LogP contribution in [0.15, 0.2) is 40.4 Å². The molecule has 5 aliphatic rings. The van der Waals surface area contributed by atoms with Gasteiger partial charge in [-0.1, -0.05) is 11.6 Å². The Morgan fingerprint density at radius 2 is 1.87 bits per heavy atom. The molecule has 1 unspecified atom stereocenters. The van der Waals surface area contributed by atoms with Crippen molar-refractivity contribution in [3.05, 3.63) is 40.6 Å². The molecule has 2 N–H and O–H groups in total. The van der Waals surface area contributed by atoms with Crippen LogP contribution < -0.4 is 5.73 Å². The highest BCUT2D eigenvalue weighted by Crippen LogP contribution is 2.61. The lowest BCUT2D eigenvalue weighted by molar-refractivity contribution is -0.197. The number of hydrogen-bond donors (Lipinski definition) is 1. The average molecular weight is 564 g/mol. The van der Waals surface area contributed by atoms with Crippen molar-refractivity contribution >= 4 is 46.9 Å². The Balaban J connectivity index is 1.42. The first-order valence-electron chi connectivity index (χ1n) is 12.2. The van der Waals surface area contributed by atoms with Gasteiger partial charge in [0, 0.05) is 41.8 Å². The van der Waals surface area contributed by atoms with Gasteiger partial charge in [0.15, 0.2) is 11.5 Å². The number of piperazine rings is 1. The normalized spacial score (nSPS) is 32.5. The van der Waals surface area contributed by atoms with Crippen LogP contribution >= 0.6 is 23.4 Å². The number of nitrogens with two attached hydrogens (primary N) is 1. The van der Waals surface area contributed by atoms with E-state index in [-0.39, 0.29) is 54.6 Å². The van der Waals surface area contributed by atoms with Crippen molar-refractivity contribution in [2.75, 3.05) is 39.2 Å². The van der Waals surface area contributed by atoms with Crippen LogP contribution in [0.2, 0.25) is 5.02 Å². The molecule has 0 bridgehead atoms. The lowest BCUT2D eigenvalue weighted by Gasteiger charge is -2.41. The largest absolute Gasteiger partial charge is 0.449 e. The van der Waals surface area contributed by atoms with Crippen LogP contribution in [0.1, 0.15) is 6.92 Å². The van der Waals surface area contributed by atoms with Crippen LogP contribution in [0.25, 0.3) is 0 Å². The van der Waals surface area contributed by atoms with Crippen LogP contribution in [0.4, 0.5) is 4.79 Å². The quantitative estimate of drug-likeness (QED) is 0.396. The summed E-state index contributed by atoms with van der Waals surface area (Å²) < 4.78 is 23.1. The zero-order chi connectivity index (χ0) is 27.0. The molecule has 1 aromatic carbocycles. The van der Waals surface area contributed by atoms with Gasteiger partial charge in [0.05, 0.1) is 36.8 Å². The molecular formula is C25H26ClN3O8S. The highest BCUT2D eigenvalue weighted by molar-refractivity contribution is 7.99. The van der Waals surface area contributed by atoms with Crippen molar-refractivity contribution in [3.63, 3.8) is 0 Å². The molecule has 3 saturated heterocycles. The molecule has 1 aromatic rings. The number of ether oxygens (including phenoxy) is 4. The maximum absolute atomic E-state index is 14.3. The number of rotatable bonds is 6. The number of fused-ring (bicyclic) bond motifs is 4. The Kier molecular flexibility index (Phi) is 6.04. The van der Waals surface area contributed by atoms with Crippen LogP contribution in [-0.2, 0) is 33.3 Å². The van der Waals surface area contributed by atoms with Crippen molar-refractivity contribution in [2.24, 2.45) is 17.6 Å². The fourth-order valence-electron chi connectivity index (χ4n) is 6.65. The monoisotopic (exact) mass is 563 g/mol. The number of carbonyl (C=O) groups is 4. The van der Waals surface area contributed by atoms with Gasteiger partial charge >= 0.3 is 6.09 Å². The molecule has 6 rings (SSSR count). The second-order valence-corrected chi connectivity index (χ2v) is 11.4. The van der Waals surface area contributed by atoms with Crippen molar-refractivity contribution in [1.29, 1.82) is 0 Å². The van der Waals surface area contributed by atoms with Crippen molar-refractivity contribution in [3.8, 4) is 0 Å². The average Bonchev–Trinajstić information content (AvgIpc) is 3.17. The standard InChI is InChI=1S/C25H26ClN3O8S/c1-12(30)29-17-9-28-19-18(15(10-35-23(27)33)24(28,34-2)21(17)29)22(32)25(36-7-8-37-25)16(20(19)31)11-38-14-5-3-13(26)4-6-14/h3-6,15-17,21H,7-11H2,1-2H3,(H2,27,33)/t15-,16?,17+,21+,24-,29?/m1/s1. The van der Waals surface area contributed by atoms with E-state index in [1.165, 1.54) is 25.8 Å². The number of hydrogen-bond acceptors (Lipinski definition) is 10. The summed E-state index contributed by atoms with van der Waals surface area (Å²) in [7, 11) is 1.46. The third kappa shape index (κ3) is 3.40. The highest BCUT2D eigenvalue weighted by atomic mass is 35.5. The molecule has 1 spiro atoms. The Labute approximate surface area is 227 Å². The van der Waals surface area contributed by atoms with E-state index in [2.05, 4.69) is 0 Å². The lowest BCUT2D eigenvalue weighted by atomic mass is 9.76. The SMILES string of the molecule is CO[C@@]12[C@H](COC(N)=O)C3=C(C(=O)C(CSc4ccc(Cl)cc4)C4(OCCO4)C3=O)N1C[C@H]1[C@@H]2N1C(C)=O. The number of methoxy groups -OCH3 is 1. The Bertz CT molecular complexity index is 1270. The van der Waals surface area contributed by atoms with Gasteiger partial charge in [-0.3, -0.25) is 14.4 Å². The van der Waals surface area contributed by atoms with Gasteiger partial charge in [-0.05, 0) is 24.3 Å². The van der Waals surface area contributed by atoms with Gasteiger partial charge in [0.1, 0.15) is 12.6 Å². The second-order valence-electron chi connectivity index (χ2n) is 9.83. The number of ketones is 2. The summed E-state index contributed by atoms with van der Waals surface area (Å²) in [5, 5.41) is 0.588. The molecule has 2 amide bonds. The predicted octanol–water partition coefficient (Wildman–Crippen LogP) is 1.18. The molecule has 5 atom stereocenters. The molecule has 1 aliphatic carbocycles. The summed E-state index contributed by atoms with van der Waals surface area (Å²) in [4.78, 5) is 56.8. The van der Waals surface area contributed by atoms with Crippen molar-refractivity contribution < 1.29 is 38.1 Å². The van der Waals surface area contributed by atoms with E-state index in [1.54, 1.807) is 21.9 Å². The minimum atomic E-state index is -1.81. The number of benzene rings is 1. The molecule has 0 aromatic heterocycles. The fraction of sp³-hybridized carbons (Fsp3) is 0.520. The molecule has 13 heteroatoms. The molecule has 0 saturated carbocycles. The van der Waals surface area contributed by atoms with Crippen LogP contribution in [-0.4, -0.2) is 96.2 Å². The molecule has 3 fully saturated rings. The minimum Gasteiger partial charge on any atom is -0.449 e. The van der Waals surface area contributed by atoms with Crippen LogP contribution in [0, 0.1) is 11.8 Å². The Morgan fingerprint density at radius 3 is 2.47 bits per heavy atom. The first-order chi connectivity index (χ1) is 18.2. The zero-order valence-electron chi connectivity index (χ0n) is 20.7. The van der Waals surface area contributed by atoms with Crippen molar-refractivity contribution in [2.45, 2.75) is 35.4 Å². The first-order valence-corrected chi connectivity index (χ1v) is 13.6. The molecular weight excluding hydrogens is 538 g/mol. The first kappa shape index (κ1) is 25.6. The third-order valence-electron chi connectivity index (χ3n) is 8.12. The Morgan fingerprint density at radius 1 is 1.18 bits per heavy atom. The number of carbonyl (C=O) groups excluding carboxylic acids is 4. The van der Waals surface area contributed by atoms with E-state index >= 15 is 0 Å². The maximum atomic E-state index is 14.3. The number of primary amides is 1. The molecule has 11 nitrogen and oxygen atoms in total. The highest BCUT2D eigenvalue weighted by Gasteiger charge is 2.79. The van der Waals surface area contributed by atoms with E-state index in [0.29, 0.717) is 11.6 Å². The van der Waals surface area contributed by atoms with Gasteiger partial charge < -0.3 is 34.5 Å². The second kappa shape index (κ2) is 8.95. The van der Waals surface area contributed by atoms with Gasteiger partial charge in [-0.2, -0.15) is 0 Å². The van der Waals surface area contributed by atoms with Gasteiger partial charge in [0.25, 0.3) is 0 Å². The van der Waals surface area contributed by atoms with Gasteiger partial charge in [-0.15, -0.1) is 11.8 Å². The van der Waals surface area contributed by atoms with E-state index < -0.39 is 41.3 Å². The van der Waals surface area contributed by atoms with Crippen molar-refractivity contribution in [1.82, 2.24) is 9.80 Å². The summed E-state index contributed by atoms with van der Waals surface area (Å²) in [6, 6.07) is 6.55. The number of amides is 2. The molecule has 202 valence electrons. The third-order valence-corrected chi connectivity index (χ3v) is 9.48. The maximum Gasteiger partial charge on any atom is 0.404 e. The van der Waals surface area contributed by atoms with Gasteiger partial charge in [-0.25, -0.2) is 4.79 Å². The van der Waals surface area contributed by atoms with Gasteiger partial charge in [0.2, 0.25) is 17.5 Å². The van der Waals surface area contributed by atoms with E-state index in [4.69, 9.17) is 36.3 Å². The zero-order valence-corrected chi connectivity index (χ0v) is 22.3. The lowest BCUT2D eigenvalue weighted by Crippen LogP contribution is -2.56. The smallest absolute Gasteiger partial charge is 0.404 e. The van der Waals surface area contributed by atoms with E-state index in [1.807, 2.05) is 12.1 Å². The number of nitrogens with zero attached hydrogens (tertiary/aromatic N) is 2. The fourth-order valence-corrected chi connectivity index (χ4v) is 7.84. The molecule has 0 radical (unpaired) electrons. The number of thioether (sulfide) groups is 1. The van der Waals surface area contributed by atoms with Crippen LogP contribution in [0.3, 0.4) is 0 Å². The number of Topliss-reactive ketones (excluding diaryl/α,β-unsaturated/α-hetero) is 2. The number of allylic oxidation sites excluding steroid dienone is 1. The van der Waals surface area contributed by atoms with E-state index in [0.717, 1.165) is 4.90 Å². The van der Waals surface area contributed by atoms with Crippen LogP contribution in [0.5, 0.6) is 0 Å². The Hall–Kier alpha value is -2.64. The molecule has 4 heterocycles. The summed E-state index contributed by atoms with van der Waals surface area (Å²) in [6.07, 6.45) is -1.03. The van der Waals surface area contributed by atoms with E-state index in [9.17, 15) is 19.2 Å². The summed E-state index contributed by atoms with van der Waals surface area (Å²) in [6.45, 7) is 1.74. The number of halogens is 1. The summed E-state index contributed by atoms with van der Waals surface area (Å²) in [5.41, 5.74) is 4.33. The molecule has 38 heavy (non-hydrogen) atoms. The topological polar surface area (TPSA) is 137 Å². The summed E-state index contributed by atoms with van der Waals surface area (Å²) >= 11 is 7.40. The predicted molar refractivity (Wildman–Crippen MR) is 133 cm³/mol.